The first-order valence-electron chi connectivity index (χ1n) is 6.19. The van der Waals surface area contributed by atoms with Gasteiger partial charge in [-0.15, -0.1) is 12.4 Å². The van der Waals surface area contributed by atoms with E-state index < -0.39 is 0 Å². The Bertz CT molecular complexity index is 383. The van der Waals surface area contributed by atoms with Gasteiger partial charge in [0, 0.05) is 6.54 Å². The average molecular weight is 287 g/mol. The van der Waals surface area contributed by atoms with Crippen LogP contribution in [0.5, 0.6) is 5.75 Å². The first-order chi connectivity index (χ1) is 8.59. The van der Waals surface area contributed by atoms with E-state index >= 15 is 0 Å². The highest BCUT2D eigenvalue weighted by molar-refractivity contribution is 5.85. The van der Waals surface area contributed by atoms with E-state index in [4.69, 9.17) is 4.74 Å². The number of aryl methyl sites for hydroxylation is 1. The van der Waals surface area contributed by atoms with Gasteiger partial charge in [-0.05, 0) is 45.6 Å². The zero-order valence-electron chi connectivity index (χ0n) is 11.8. The normalized spacial score (nSPS) is 9.89. The number of nitrogens with one attached hydrogen (secondary N) is 1. The molecule has 0 spiro atoms. The van der Waals surface area contributed by atoms with E-state index in [1.165, 1.54) is 0 Å². The summed E-state index contributed by atoms with van der Waals surface area (Å²) < 4.78 is 5.45. The quantitative estimate of drug-likeness (QED) is 0.778. The van der Waals surface area contributed by atoms with E-state index in [1.807, 2.05) is 45.3 Å². The number of carbonyl (C=O) groups excluding carboxylic acids is 1. The Kier molecular flexibility index (Phi) is 9.00. The monoisotopic (exact) mass is 286 g/mol. The molecule has 1 rings (SSSR count). The summed E-state index contributed by atoms with van der Waals surface area (Å²) in [5, 5.41) is 2.84. The minimum atomic E-state index is -0.0722. The molecule has 1 aromatic rings. The molecule has 1 amide bonds. The fourth-order valence-corrected chi connectivity index (χ4v) is 1.54. The van der Waals surface area contributed by atoms with Crippen molar-refractivity contribution in [2.45, 2.75) is 13.3 Å². The standard InChI is InChI=1S/C14H22N2O2.ClH/c1-12-7-4-5-8-13(12)18-11-14(17)15-9-6-10-16(2)3;/h4-5,7-8H,6,9-11H2,1-3H3,(H,15,17);1H. The van der Waals surface area contributed by atoms with Crippen molar-refractivity contribution in [3.63, 3.8) is 0 Å². The SMILES string of the molecule is Cc1ccccc1OCC(=O)NCCCN(C)C.Cl. The Labute approximate surface area is 121 Å². The topological polar surface area (TPSA) is 41.6 Å². The number of ether oxygens (including phenoxy) is 1. The molecule has 108 valence electrons. The molecule has 19 heavy (non-hydrogen) atoms. The summed E-state index contributed by atoms with van der Waals surface area (Å²) in [7, 11) is 4.03. The average Bonchev–Trinajstić information content (AvgIpc) is 2.33. The molecule has 1 aromatic carbocycles. The van der Waals surface area contributed by atoms with E-state index in [9.17, 15) is 4.79 Å². The van der Waals surface area contributed by atoms with Crippen molar-refractivity contribution >= 4 is 18.3 Å². The number of hydrogen-bond donors (Lipinski definition) is 1. The van der Waals surface area contributed by atoms with Crippen LogP contribution >= 0.6 is 12.4 Å². The second-order valence-electron chi connectivity index (χ2n) is 4.56. The minimum absolute atomic E-state index is 0. The van der Waals surface area contributed by atoms with Gasteiger partial charge >= 0.3 is 0 Å². The minimum Gasteiger partial charge on any atom is -0.484 e. The molecule has 0 aromatic heterocycles. The van der Waals surface area contributed by atoms with Crippen molar-refractivity contribution in [3.05, 3.63) is 29.8 Å². The molecule has 0 radical (unpaired) electrons. The third-order valence-electron chi connectivity index (χ3n) is 2.56. The fraction of sp³-hybridized carbons (Fsp3) is 0.500. The predicted octanol–water partition coefficient (Wildman–Crippen LogP) is 1.86. The molecule has 4 nitrogen and oxygen atoms in total. The van der Waals surface area contributed by atoms with Crippen LogP contribution in [0.25, 0.3) is 0 Å². The second kappa shape index (κ2) is 9.64. The van der Waals surface area contributed by atoms with Crippen LogP contribution in [0.3, 0.4) is 0 Å². The summed E-state index contributed by atoms with van der Waals surface area (Å²) >= 11 is 0. The van der Waals surface area contributed by atoms with Crippen molar-refractivity contribution in [1.82, 2.24) is 10.2 Å². The van der Waals surface area contributed by atoms with Crippen LogP contribution in [-0.4, -0.2) is 44.6 Å². The molecule has 5 heteroatoms. The number of hydrogen-bond acceptors (Lipinski definition) is 3. The first kappa shape index (κ1) is 17.7. The lowest BCUT2D eigenvalue weighted by Crippen LogP contribution is -2.31. The number of amides is 1. The molecular formula is C14H23ClN2O2. The van der Waals surface area contributed by atoms with Crippen LogP contribution in [0.4, 0.5) is 0 Å². The van der Waals surface area contributed by atoms with E-state index in [-0.39, 0.29) is 24.9 Å². The number of nitrogens with zero attached hydrogens (tertiary/aromatic N) is 1. The highest BCUT2D eigenvalue weighted by Crippen LogP contribution is 2.15. The Morgan fingerprint density at radius 3 is 2.63 bits per heavy atom. The summed E-state index contributed by atoms with van der Waals surface area (Å²) in [4.78, 5) is 13.6. The van der Waals surface area contributed by atoms with Crippen molar-refractivity contribution in [3.8, 4) is 5.75 Å². The second-order valence-corrected chi connectivity index (χ2v) is 4.56. The number of rotatable bonds is 7. The van der Waals surface area contributed by atoms with Crippen molar-refractivity contribution in [2.75, 3.05) is 33.8 Å². The maximum atomic E-state index is 11.5. The van der Waals surface area contributed by atoms with Crippen LogP contribution < -0.4 is 10.1 Å². The van der Waals surface area contributed by atoms with E-state index in [0.29, 0.717) is 6.54 Å². The Hall–Kier alpha value is -1.26. The molecule has 0 saturated heterocycles. The van der Waals surface area contributed by atoms with Gasteiger partial charge in [-0.2, -0.15) is 0 Å². The first-order valence-corrected chi connectivity index (χ1v) is 6.19. The van der Waals surface area contributed by atoms with Crippen LogP contribution in [0.2, 0.25) is 0 Å². The highest BCUT2D eigenvalue weighted by atomic mass is 35.5. The van der Waals surface area contributed by atoms with Crippen molar-refractivity contribution in [2.24, 2.45) is 0 Å². The summed E-state index contributed by atoms with van der Waals surface area (Å²) in [6, 6.07) is 7.68. The Morgan fingerprint density at radius 2 is 2.00 bits per heavy atom. The predicted molar refractivity (Wildman–Crippen MR) is 80.1 cm³/mol. The Balaban J connectivity index is 0.00000324. The summed E-state index contributed by atoms with van der Waals surface area (Å²) in [6.45, 7) is 3.70. The van der Waals surface area contributed by atoms with Crippen LogP contribution in [0.15, 0.2) is 24.3 Å². The molecular weight excluding hydrogens is 264 g/mol. The molecule has 0 atom stereocenters. The van der Waals surface area contributed by atoms with Gasteiger partial charge in [-0.3, -0.25) is 4.79 Å². The van der Waals surface area contributed by atoms with Gasteiger partial charge in [-0.1, -0.05) is 18.2 Å². The summed E-state index contributed by atoms with van der Waals surface area (Å²) in [5.41, 5.74) is 1.04. The lowest BCUT2D eigenvalue weighted by molar-refractivity contribution is -0.123. The van der Waals surface area contributed by atoms with Gasteiger partial charge in [0.15, 0.2) is 6.61 Å². The van der Waals surface area contributed by atoms with Gasteiger partial charge in [0.05, 0.1) is 0 Å². The molecule has 0 heterocycles. The Morgan fingerprint density at radius 1 is 1.32 bits per heavy atom. The molecule has 0 saturated carbocycles. The largest absolute Gasteiger partial charge is 0.484 e. The molecule has 0 unspecified atom stereocenters. The maximum absolute atomic E-state index is 11.5. The third-order valence-corrected chi connectivity index (χ3v) is 2.56. The number of para-hydroxylation sites is 1. The van der Waals surface area contributed by atoms with Crippen LogP contribution in [0, 0.1) is 6.92 Å². The lowest BCUT2D eigenvalue weighted by atomic mass is 10.2. The van der Waals surface area contributed by atoms with Gasteiger partial charge in [0.25, 0.3) is 5.91 Å². The van der Waals surface area contributed by atoms with Gasteiger partial charge in [-0.25, -0.2) is 0 Å². The van der Waals surface area contributed by atoms with Gasteiger partial charge in [0.2, 0.25) is 0 Å². The zero-order chi connectivity index (χ0) is 13.4. The van der Waals surface area contributed by atoms with E-state index in [2.05, 4.69) is 10.2 Å². The summed E-state index contributed by atoms with van der Waals surface area (Å²) in [5.74, 6) is 0.693. The van der Waals surface area contributed by atoms with Crippen molar-refractivity contribution < 1.29 is 9.53 Å². The number of benzene rings is 1. The maximum Gasteiger partial charge on any atom is 0.257 e. The van der Waals surface area contributed by atoms with Crippen LogP contribution in [0.1, 0.15) is 12.0 Å². The molecule has 0 aliphatic carbocycles. The number of carbonyl (C=O) groups is 1. The highest BCUT2D eigenvalue weighted by Gasteiger charge is 2.03. The summed E-state index contributed by atoms with van der Waals surface area (Å²) in [6.07, 6.45) is 0.948. The third kappa shape index (κ3) is 7.70. The van der Waals surface area contributed by atoms with Crippen LogP contribution in [-0.2, 0) is 4.79 Å². The molecule has 0 aliphatic rings. The molecule has 0 aliphatic heterocycles. The molecule has 0 fully saturated rings. The lowest BCUT2D eigenvalue weighted by Gasteiger charge is -2.11. The zero-order valence-corrected chi connectivity index (χ0v) is 12.6. The molecule has 0 bridgehead atoms. The van der Waals surface area contributed by atoms with Gasteiger partial charge < -0.3 is 15.0 Å². The molecule has 1 N–H and O–H groups in total. The van der Waals surface area contributed by atoms with E-state index in [1.54, 1.807) is 0 Å². The smallest absolute Gasteiger partial charge is 0.257 e. The van der Waals surface area contributed by atoms with Gasteiger partial charge in [0.1, 0.15) is 5.75 Å². The van der Waals surface area contributed by atoms with Crippen molar-refractivity contribution in [1.29, 1.82) is 0 Å². The number of halogens is 1. The fourth-order valence-electron chi connectivity index (χ4n) is 1.54. The van der Waals surface area contributed by atoms with E-state index in [0.717, 1.165) is 24.3 Å².